The normalized spacial score (nSPS) is 20.9. The minimum absolute atomic E-state index is 0.163. The molecule has 0 aliphatic carbocycles. The van der Waals surface area contributed by atoms with Gasteiger partial charge < -0.3 is 10.6 Å². The molecule has 0 spiro atoms. The molecule has 0 saturated carbocycles. The summed E-state index contributed by atoms with van der Waals surface area (Å²) >= 11 is 0. The van der Waals surface area contributed by atoms with Crippen molar-refractivity contribution in [1.29, 1.82) is 0 Å². The van der Waals surface area contributed by atoms with Crippen molar-refractivity contribution in [1.82, 2.24) is 10.6 Å². The van der Waals surface area contributed by atoms with E-state index in [1.807, 2.05) is 6.92 Å². The Morgan fingerprint density at radius 1 is 1.35 bits per heavy atom. The van der Waals surface area contributed by atoms with E-state index in [2.05, 4.69) is 24.5 Å². The average Bonchev–Trinajstić information content (AvgIpc) is 2.37. The van der Waals surface area contributed by atoms with Crippen molar-refractivity contribution in [2.24, 2.45) is 11.3 Å². The molecule has 1 saturated heterocycles. The summed E-state index contributed by atoms with van der Waals surface area (Å²) in [6.45, 7) is 9.44. The number of hydrogen-bond acceptors (Lipinski definition) is 2. The molecule has 100 valence electrons. The zero-order chi connectivity index (χ0) is 12.7. The van der Waals surface area contributed by atoms with Crippen molar-refractivity contribution in [3.8, 4) is 0 Å². The van der Waals surface area contributed by atoms with Gasteiger partial charge in [-0.1, -0.05) is 27.2 Å². The quantitative estimate of drug-likeness (QED) is 0.748. The Hall–Kier alpha value is -0.570. The minimum atomic E-state index is 0.163. The Kier molecular flexibility index (Phi) is 5.96. The van der Waals surface area contributed by atoms with Crippen molar-refractivity contribution in [3.05, 3.63) is 0 Å². The summed E-state index contributed by atoms with van der Waals surface area (Å²) in [6, 6.07) is 0. The molecule has 0 radical (unpaired) electrons. The third-order valence-corrected chi connectivity index (χ3v) is 4.22. The lowest BCUT2D eigenvalue weighted by Crippen LogP contribution is -2.45. The summed E-state index contributed by atoms with van der Waals surface area (Å²) in [5.74, 6) is 0.397. The molecule has 1 fully saturated rings. The molecule has 2 N–H and O–H groups in total. The van der Waals surface area contributed by atoms with Crippen LogP contribution in [0.5, 0.6) is 0 Å². The van der Waals surface area contributed by atoms with Gasteiger partial charge in [-0.25, -0.2) is 0 Å². The van der Waals surface area contributed by atoms with Gasteiger partial charge >= 0.3 is 0 Å². The second kappa shape index (κ2) is 7.00. The smallest absolute Gasteiger partial charge is 0.222 e. The number of carbonyl (C=O) groups is 1. The largest absolute Gasteiger partial charge is 0.355 e. The van der Waals surface area contributed by atoms with Gasteiger partial charge in [-0.05, 0) is 44.2 Å². The van der Waals surface area contributed by atoms with E-state index in [0.717, 1.165) is 38.9 Å². The highest BCUT2D eigenvalue weighted by atomic mass is 16.1. The average molecular weight is 240 g/mol. The van der Waals surface area contributed by atoms with Crippen LogP contribution in [-0.4, -0.2) is 25.5 Å². The number of hydrogen-bond donors (Lipinski definition) is 2. The van der Waals surface area contributed by atoms with Crippen LogP contribution in [0.15, 0.2) is 0 Å². The van der Waals surface area contributed by atoms with Crippen LogP contribution in [0.2, 0.25) is 0 Å². The lowest BCUT2D eigenvalue weighted by molar-refractivity contribution is -0.125. The summed E-state index contributed by atoms with van der Waals surface area (Å²) in [4.78, 5) is 11.9. The number of piperidine rings is 1. The summed E-state index contributed by atoms with van der Waals surface area (Å²) in [5.41, 5.74) is 0.340. The van der Waals surface area contributed by atoms with Crippen molar-refractivity contribution in [2.75, 3.05) is 19.6 Å². The molecular weight excluding hydrogens is 212 g/mol. The monoisotopic (exact) mass is 240 g/mol. The Morgan fingerprint density at radius 2 is 2.00 bits per heavy atom. The van der Waals surface area contributed by atoms with Gasteiger partial charge in [0.2, 0.25) is 5.91 Å². The van der Waals surface area contributed by atoms with E-state index in [1.54, 1.807) is 0 Å². The second-order valence-electron chi connectivity index (χ2n) is 5.51. The number of rotatable bonds is 6. The van der Waals surface area contributed by atoms with Crippen LogP contribution in [0, 0.1) is 11.3 Å². The molecule has 0 aromatic rings. The molecule has 17 heavy (non-hydrogen) atoms. The van der Waals surface area contributed by atoms with Gasteiger partial charge in [-0.3, -0.25) is 4.79 Å². The number of amides is 1. The molecule has 1 atom stereocenters. The van der Waals surface area contributed by atoms with Crippen molar-refractivity contribution in [2.45, 2.75) is 52.9 Å². The molecular formula is C14H28N2O. The summed E-state index contributed by atoms with van der Waals surface area (Å²) < 4.78 is 0. The van der Waals surface area contributed by atoms with Crippen LogP contribution in [0.1, 0.15) is 52.9 Å². The fourth-order valence-electron chi connectivity index (χ4n) is 2.63. The fraction of sp³-hybridized carbons (Fsp3) is 0.929. The molecule has 1 aliphatic rings. The summed E-state index contributed by atoms with van der Waals surface area (Å²) in [7, 11) is 0. The first-order valence-electron chi connectivity index (χ1n) is 7.12. The van der Waals surface area contributed by atoms with Crippen molar-refractivity contribution in [3.63, 3.8) is 0 Å². The van der Waals surface area contributed by atoms with Gasteiger partial charge in [-0.15, -0.1) is 0 Å². The first kappa shape index (κ1) is 14.5. The molecule has 1 amide bonds. The molecule has 3 heteroatoms. The highest BCUT2D eigenvalue weighted by molar-refractivity contribution is 5.78. The molecule has 1 unspecified atom stereocenters. The third-order valence-electron chi connectivity index (χ3n) is 4.22. The van der Waals surface area contributed by atoms with Gasteiger partial charge in [0.25, 0.3) is 0 Å². The molecule has 1 rings (SSSR count). The Bertz CT molecular complexity index is 234. The van der Waals surface area contributed by atoms with E-state index in [1.165, 1.54) is 12.8 Å². The van der Waals surface area contributed by atoms with E-state index in [9.17, 15) is 4.79 Å². The van der Waals surface area contributed by atoms with Crippen LogP contribution in [0.4, 0.5) is 0 Å². The standard InChI is InChI=1S/C14H28N2O/c1-4-6-12(3)13(17)16-11-14(5-2)7-9-15-10-8-14/h12,15H,4-11H2,1-3H3,(H,16,17). The maximum atomic E-state index is 11.9. The van der Waals surface area contributed by atoms with Crippen LogP contribution in [-0.2, 0) is 4.79 Å². The first-order valence-corrected chi connectivity index (χ1v) is 7.12. The van der Waals surface area contributed by atoms with E-state index in [4.69, 9.17) is 0 Å². The molecule has 0 bridgehead atoms. The summed E-state index contributed by atoms with van der Waals surface area (Å²) in [5, 5.41) is 6.55. The highest BCUT2D eigenvalue weighted by Crippen LogP contribution is 2.31. The van der Waals surface area contributed by atoms with Crippen molar-refractivity contribution < 1.29 is 4.79 Å². The van der Waals surface area contributed by atoms with Gasteiger partial charge in [0, 0.05) is 12.5 Å². The fourth-order valence-corrected chi connectivity index (χ4v) is 2.63. The van der Waals surface area contributed by atoms with Gasteiger partial charge in [0.1, 0.15) is 0 Å². The Labute approximate surface area is 106 Å². The van der Waals surface area contributed by atoms with Gasteiger partial charge in [-0.2, -0.15) is 0 Å². The Balaban J connectivity index is 2.39. The lowest BCUT2D eigenvalue weighted by atomic mass is 9.76. The van der Waals surface area contributed by atoms with Gasteiger partial charge in [0.15, 0.2) is 0 Å². The minimum Gasteiger partial charge on any atom is -0.355 e. The van der Waals surface area contributed by atoms with Gasteiger partial charge in [0.05, 0.1) is 0 Å². The SMILES string of the molecule is CCCC(C)C(=O)NCC1(CC)CCNCC1. The number of nitrogens with one attached hydrogen (secondary N) is 2. The lowest BCUT2D eigenvalue weighted by Gasteiger charge is -2.37. The molecule has 1 heterocycles. The molecule has 0 aromatic heterocycles. The predicted molar refractivity (Wildman–Crippen MR) is 71.9 cm³/mol. The highest BCUT2D eigenvalue weighted by Gasteiger charge is 2.30. The van der Waals surface area contributed by atoms with Crippen LogP contribution < -0.4 is 10.6 Å². The molecule has 0 aromatic carbocycles. The molecule has 3 nitrogen and oxygen atoms in total. The van der Waals surface area contributed by atoms with Crippen LogP contribution in [0.3, 0.4) is 0 Å². The zero-order valence-corrected chi connectivity index (χ0v) is 11.6. The number of carbonyl (C=O) groups excluding carboxylic acids is 1. The topological polar surface area (TPSA) is 41.1 Å². The molecule has 1 aliphatic heterocycles. The van der Waals surface area contributed by atoms with Crippen molar-refractivity contribution >= 4 is 5.91 Å². The zero-order valence-electron chi connectivity index (χ0n) is 11.6. The van der Waals surface area contributed by atoms with Crippen LogP contribution >= 0.6 is 0 Å². The van der Waals surface area contributed by atoms with E-state index >= 15 is 0 Å². The van der Waals surface area contributed by atoms with Crippen LogP contribution in [0.25, 0.3) is 0 Å². The maximum absolute atomic E-state index is 11.9. The van der Waals surface area contributed by atoms with E-state index in [-0.39, 0.29) is 11.8 Å². The second-order valence-corrected chi connectivity index (χ2v) is 5.51. The summed E-state index contributed by atoms with van der Waals surface area (Å²) in [6.07, 6.45) is 5.61. The first-order chi connectivity index (χ1) is 8.13. The van der Waals surface area contributed by atoms with E-state index in [0.29, 0.717) is 5.41 Å². The van der Waals surface area contributed by atoms with E-state index < -0.39 is 0 Å². The predicted octanol–water partition coefficient (Wildman–Crippen LogP) is 2.32. The maximum Gasteiger partial charge on any atom is 0.222 e. The third kappa shape index (κ3) is 4.30. The Morgan fingerprint density at radius 3 is 2.53 bits per heavy atom.